The summed E-state index contributed by atoms with van der Waals surface area (Å²) in [7, 11) is -4.38. The molecule has 0 aliphatic carbocycles. The Hall–Kier alpha value is -2.41. The van der Waals surface area contributed by atoms with Crippen molar-refractivity contribution in [1.29, 1.82) is 0 Å². The fourth-order valence-electron chi connectivity index (χ4n) is 2.23. The molecule has 0 saturated carbocycles. The van der Waals surface area contributed by atoms with Gasteiger partial charge in [0.05, 0.1) is 18.0 Å². The quantitative estimate of drug-likeness (QED) is 0.302. The minimum absolute atomic E-state index is 0.0804. The normalized spacial score (nSPS) is 10.8. The fraction of sp³-hybridized carbons (Fsp3) is 0.0526. The van der Waals surface area contributed by atoms with Gasteiger partial charge in [-0.1, -0.05) is 36.4 Å². The standard InChI is InChI=1S/C19H17OS.BF4/c1-20-16-12-14-19(15-13-16)21(17-8-4-2-5-9-17)18-10-6-3-7-11-18;2-1(3,4)5/h2-15H,1H3;/q+1;-1. The Bertz CT molecular complexity index is 735. The van der Waals surface area contributed by atoms with Crippen molar-refractivity contribution in [3.05, 3.63) is 84.9 Å². The van der Waals surface area contributed by atoms with Gasteiger partial charge >= 0.3 is 7.25 Å². The molecule has 0 amide bonds. The minimum atomic E-state index is -6.00. The molecule has 0 unspecified atom stereocenters. The molecule has 0 heterocycles. The number of hydrogen-bond acceptors (Lipinski definition) is 1. The molecule has 26 heavy (non-hydrogen) atoms. The number of halogens is 4. The van der Waals surface area contributed by atoms with Gasteiger partial charge < -0.3 is 22.0 Å². The summed E-state index contributed by atoms with van der Waals surface area (Å²) in [5, 5.41) is 0. The zero-order valence-electron chi connectivity index (χ0n) is 14.0. The molecule has 0 aliphatic heterocycles. The van der Waals surface area contributed by atoms with E-state index in [0.717, 1.165) is 5.75 Å². The molecule has 0 aromatic heterocycles. The lowest BCUT2D eigenvalue weighted by Gasteiger charge is -2.08. The third-order valence-corrected chi connectivity index (χ3v) is 5.48. The zero-order valence-corrected chi connectivity index (χ0v) is 14.8. The summed E-state index contributed by atoms with van der Waals surface area (Å²) in [6.07, 6.45) is 0. The number of hydrogen-bond donors (Lipinski definition) is 0. The average Bonchev–Trinajstić information content (AvgIpc) is 2.63. The molecule has 1 nitrogen and oxygen atoms in total. The molecule has 0 spiro atoms. The van der Waals surface area contributed by atoms with Gasteiger partial charge in [0, 0.05) is 0 Å². The maximum Gasteiger partial charge on any atom is 0.673 e. The van der Waals surface area contributed by atoms with E-state index in [9.17, 15) is 17.3 Å². The number of methoxy groups -OCH3 is 1. The Morgan fingerprint density at radius 2 is 0.962 bits per heavy atom. The van der Waals surface area contributed by atoms with E-state index < -0.39 is 7.25 Å². The molecular weight excluding hydrogens is 363 g/mol. The van der Waals surface area contributed by atoms with E-state index in [-0.39, 0.29) is 10.9 Å². The summed E-state index contributed by atoms with van der Waals surface area (Å²) < 4.78 is 44.3. The van der Waals surface area contributed by atoms with Gasteiger partial charge in [-0.05, 0) is 48.5 Å². The van der Waals surface area contributed by atoms with E-state index in [0.29, 0.717) is 0 Å². The summed E-state index contributed by atoms with van der Waals surface area (Å²) in [4.78, 5) is 3.95. The van der Waals surface area contributed by atoms with E-state index >= 15 is 0 Å². The maximum absolute atomic E-state index is 9.75. The van der Waals surface area contributed by atoms with E-state index in [1.807, 2.05) is 12.1 Å². The molecule has 0 saturated heterocycles. The first-order valence-electron chi connectivity index (χ1n) is 7.74. The van der Waals surface area contributed by atoms with Crippen LogP contribution in [0.1, 0.15) is 0 Å². The molecule has 0 N–H and O–H groups in total. The lowest BCUT2D eigenvalue weighted by atomic mass is 10.3. The highest BCUT2D eigenvalue weighted by Crippen LogP contribution is 2.31. The second-order valence-corrected chi connectivity index (χ2v) is 7.13. The molecule has 0 aliphatic rings. The van der Waals surface area contributed by atoms with E-state index in [2.05, 4.69) is 72.8 Å². The lowest BCUT2D eigenvalue weighted by Crippen LogP contribution is -2.04. The molecule has 3 aromatic carbocycles. The molecule has 0 fully saturated rings. The van der Waals surface area contributed by atoms with E-state index in [1.54, 1.807) is 7.11 Å². The van der Waals surface area contributed by atoms with Crippen LogP contribution in [0.15, 0.2) is 99.6 Å². The summed E-state index contributed by atoms with van der Waals surface area (Å²) in [6.45, 7) is 0. The van der Waals surface area contributed by atoms with Crippen LogP contribution in [0.5, 0.6) is 5.75 Å². The highest BCUT2D eigenvalue weighted by Gasteiger charge is 2.28. The summed E-state index contributed by atoms with van der Waals surface area (Å²) in [6, 6.07) is 29.7. The first-order chi connectivity index (χ1) is 12.4. The summed E-state index contributed by atoms with van der Waals surface area (Å²) in [5.74, 6) is 0.892. The molecule has 0 bridgehead atoms. The Labute approximate surface area is 153 Å². The van der Waals surface area contributed by atoms with Crippen LogP contribution in [0.2, 0.25) is 0 Å². The second kappa shape index (κ2) is 9.34. The topological polar surface area (TPSA) is 9.23 Å². The van der Waals surface area contributed by atoms with Gasteiger partial charge in [0.25, 0.3) is 0 Å². The summed E-state index contributed by atoms with van der Waals surface area (Å²) >= 11 is 0. The molecule has 136 valence electrons. The predicted octanol–water partition coefficient (Wildman–Crippen LogP) is 6.09. The van der Waals surface area contributed by atoms with Crippen molar-refractivity contribution >= 4 is 18.1 Å². The Kier molecular flexibility index (Phi) is 7.15. The number of rotatable bonds is 4. The smallest absolute Gasteiger partial charge is 0.497 e. The van der Waals surface area contributed by atoms with Crippen molar-refractivity contribution < 1.29 is 22.0 Å². The van der Waals surface area contributed by atoms with Gasteiger partial charge in [0.2, 0.25) is 0 Å². The monoisotopic (exact) mass is 380 g/mol. The third kappa shape index (κ3) is 6.48. The highest BCUT2D eigenvalue weighted by molar-refractivity contribution is 7.97. The van der Waals surface area contributed by atoms with Gasteiger partial charge in [0.1, 0.15) is 5.75 Å². The molecule has 0 atom stereocenters. The van der Waals surface area contributed by atoms with Gasteiger partial charge in [-0.3, -0.25) is 0 Å². The van der Waals surface area contributed by atoms with Crippen molar-refractivity contribution in [2.24, 2.45) is 0 Å². The van der Waals surface area contributed by atoms with Crippen molar-refractivity contribution in [3.8, 4) is 5.75 Å². The first kappa shape index (κ1) is 19.9. The second-order valence-electron chi connectivity index (χ2n) is 5.10. The van der Waals surface area contributed by atoms with Crippen LogP contribution in [-0.4, -0.2) is 14.4 Å². The molecular formula is C19H17BF4OS. The van der Waals surface area contributed by atoms with Crippen LogP contribution in [-0.2, 0) is 10.9 Å². The number of benzene rings is 3. The molecule has 7 heteroatoms. The molecule has 0 radical (unpaired) electrons. The van der Waals surface area contributed by atoms with Crippen LogP contribution >= 0.6 is 0 Å². The van der Waals surface area contributed by atoms with Crippen molar-refractivity contribution in [2.45, 2.75) is 14.7 Å². The van der Waals surface area contributed by atoms with Gasteiger partial charge in [-0.2, -0.15) is 0 Å². The SMILES string of the molecule is COc1ccc([S+](c2ccccc2)c2ccccc2)cc1.F[B-](F)(F)F. The van der Waals surface area contributed by atoms with Crippen LogP contribution in [0.4, 0.5) is 17.3 Å². The van der Waals surface area contributed by atoms with E-state index in [1.165, 1.54) is 14.7 Å². The maximum atomic E-state index is 9.75. The lowest BCUT2D eigenvalue weighted by molar-refractivity contribution is 0.368. The van der Waals surface area contributed by atoms with Crippen LogP contribution in [0.3, 0.4) is 0 Å². The van der Waals surface area contributed by atoms with Crippen LogP contribution in [0.25, 0.3) is 0 Å². The van der Waals surface area contributed by atoms with Gasteiger partial charge in [-0.25, -0.2) is 0 Å². The van der Waals surface area contributed by atoms with Crippen molar-refractivity contribution in [1.82, 2.24) is 0 Å². The fourth-order valence-corrected chi connectivity index (χ4v) is 4.32. The summed E-state index contributed by atoms with van der Waals surface area (Å²) in [5.41, 5.74) is 0. The average molecular weight is 380 g/mol. The molecule has 3 rings (SSSR count). The minimum Gasteiger partial charge on any atom is -0.497 e. The van der Waals surface area contributed by atoms with Crippen LogP contribution < -0.4 is 4.74 Å². The number of ether oxygens (including phenoxy) is 1. The van der Waals surface area contributed by atoms with Crippen molar-refractivity contribution in [2.75, 3.05) is 7.11 Å². The first-order valence-corrected chi connectivity index (χ1v) is 8.97. The Morgan fingerprint density at radius 1 is 0.615 bits per heavy atom. The van der Waals surface area contributed by atoms with Gasteiger partial charge in [0.15, 0.2) is 14.7 Å². The van der Waals surface area contributed by atoms with Gasteiger partial charge in [-0.15, -0.1) is 0 Å². The Balaban J connectivity index is 0.000000431. The highest BCUT2D eigenvalue weighted by atomic mass is 32.2. The predicted molar refractivity (Wildman–Crippen MR) is 98.2 cm³/mol. The molecule has 3 aromatic rings. The largest absolute Gasteiger partial charge is 0.673 e. The zero-order chi connectivity index (χ0) is 19.0. The van der Waals surface area contributed by atoms with E-state index in [4.69, 9.17) is 4.74 Å². The van der Waals surface area contributed by atoms with Crippen molar-refractivity contribution in [3.63, 3.8) is 0 Å². The Morgan fingerprint density at radius 3 is 1.31 bits per heavy atom. The third-order valence-electron chi connectivity index (χ3n) is 3.25. The van der Waals surface area contributed by atoms with Crippen LogP contribution in [0, 0.1) is 0 Å².